The molecule has 0 radical (unpaired) electrons. The van der Waals surface area contributed by atoms with E-state index in [1.54, 1.807) is 0 Å². The summed E-state index contributed by atoms with van der Waals surface area (Å²) in [5.74, 6) is -0.375. The fraction of sp³-hybridized carbons (Fsp3) is 0.625. The van der Waals surface area contributed by atoms with Crippen molar-refractivity contribution in [1.82, 2.24) is 10.2 Å². The first-order chi connectivity index (χ1) is 9.99. The molecule has 0 saturated carbocycles. The molecule has 2 rings (SSSR count). The molecule has 7 heteroatoms. The lowest BCUT2D eigenvalue weighted by molar-refractivity contribution is 0.153. The summed E-state index contributed by atoms with van der Waals surface area (Å²) in [5, 5.41) is 3.29. The number of rotatable bonds is 5. The Labute approximate surface area is 158 Å². The lowest BCUT2D eigenvalue weighted by Gasteiger charge is -2.36. The first kappa shape index (κ1) is 23.1. The van der Waals surface area contributed by atoms with Crippen molar-refractivity contribution >= 4 is 40.7 Å². The Morgan fingerprint density at radius 2 is 1.61 bits per heavy atom. The molecule has 0 amide bonds. The van der Waals surface area contributed by atoms with E-state index in [2.05, 4.69) is 40.0 Å². The second kappa shape index (κ2) is 10.8. The second-order valence-corrected chi connectivity index (χ2v) is 6.97. The van der Waals surface area contributed by atoms with Crippen LogP contribution in [0, 0.1) is 17.6 Å². The summed E-state index contributed by atoms with van der Waals surface area (Å²) in [7, 11) is 0. The first-order valence-corrected chi connectivity index (χ1v) is 8.37. The Balaban J connectivity index is 0.00000242. The van der Waals surface area contributed by atoms with Crippen LogP contribution in [-0.4, -0.2) is 31.1 Å². The molecule has 0 aliphatic carbocycles. The average Bonchev–Trinajstić information content (AvgIpc) is 2.42. The number of nitrogens with one attached hydrogen (secondary N) is 1. The third kappa shape index (κ3) is 6.46. The van der Waals surface area contributed by atoms with Crippen molar-refractivity contribution in [3.05, 3.63) is 33.8 Å². The lowest BCUT2D eigenvalue weighted by atomic mass is 9.95. The zero-order valence-corrected chi connectivity index (χ0v) is 16.7. The maximum Gasteiger partial charge on any atom is 0.132 e. The van der Waals surface area contributed by atoms with Crippen molar-refractivity contribution in [2.45, 2.75) is 32.7 Å². The van der Waals surface area contributed by atoms with Gasteiger partial charge in [-0.15, -0.1) is 24.8 Å². The van der Waals surface area contributed by atoms with E-state index in [4.69, 9.17) is 0 Å². The molecular weight excluding hydrogens is 409 g/mol. The van der Waals surface area contributed by atoms with E-state index in [1.807, 2.05) is 0 Å². The van der Waals surface area contributed by atoms with E-state index < -0.39 is 11.6 Å². The van der Waals surface area contributed by atoms with Gasteiger partial charge in [-0.2, -0.15) is 0 Å². The Bertz CT molecular complexity index is 460. The van der Waals surface area contributed by atoms with Crippen molar-refractivity contribution in [2.75, 3.05) is 26.2 Å². The summed E-state index contributed by atoms with van der Waals surface area (Å²) in [6, 6.07) is 2.55. The van der Waals surface area contributed by atoms with Gasteiger partial charge in [-0.3, -0.25) is 4.90 Å². The summed E-state index contributed by atoms with van der Waals surface area (Å²) in [6.07, 6.45) is 1.75. The first-order valence-electron chi connectivity index (χ1n) is 7.58. The molecule has 1 atom stereocenters. The van der Waals surface area contributed by atoms with Gasteiger partial charge in [0.25, 0.3) is 0 Å². The van der Waals surface area contributed by atoms with E-state index in [-0.39, 0.29) is 36.4 Å². The van der Waals surface area contributed by atoms with Crippen molar-refractivity contribution in [3.8, 4) is 0 Å². The van der Waals surface area contributed by atoms with E-state index in [1.165, 1.54) is 12.1 Å². The van der Waals surface area contributed by atoms with Crippen molar-refractivity contribution in [1.29, 1.82) is 0 Å². The highest BCUT2D eigenvalue weighted by Gasteiger charge is 2.27. The molecule has 0 unspecified atom stereocenters. The largest absolute Gasteiger partial charge is 0.314 e. The van der Waals surface area contributed by atoms with Crippen LogP contribution in [0.15, 0.2) is 16.6 Å². The van der Waals surface area contributed by atoms with Gasteiger partial charge in [0, 0.05) is 42.3 Å². The fourth-order valence-corrected chi connectivity index (χ4v) is 3.27. The van der Waals surface area contributed by atoms with Gasteiger partial charge in [0.15, 0.2) is 0 Å². The van der Waals surface area contributed by atoms with Crippen molar-refractivity contribution in [3.63, 3.8) is 0 Å². The van der Waals surface area contributed by atoms with Crippen LogP contribution in [0.25, 0.3) is 0 Å². The molecule has 0 bridgehead atoms. The minimum absolute atomic E-state index is 0. The van der Waals surface area contributed by atoms with Crippen LogP contribution in [0.4, 0.5) is 8.78 Å². The molecule has 2 nitrogen and oxygen atoms in total. The predicted molar refractivity (Wildman–Crippen MR) is 99.8 cm³/mol. The smallest absolute Gasteiger partial charge is 0.132 e. The van der Waals surface area contributed by atoms with Crippen LogP contribution in [-0.2, 0) is 0 Å². The number of hydrogen-bond donors (Lipinski definition) is 1. The molecule has 1 N–H and O–H groups in total. The third-order valence-corrected chi connectivity index (χ3v) is 4.44. The van der Waals surface area contributed by atoms with Gasteiger partial charge < -0.3 is 5.32 Å². The molecule has 1 heterocycles. The van der Waals surface area contributed by atoms with Gasteiger partial charge in [-0.25, -0.2) is 8.78 Å². The Hall–Kier alpha value is 0.0600. The van der Waals surface area contributed by atoms with Crippen LogP contribution >= 0.6 is 40.7 Å². The van der Waals surface area contributed by atoms with Crippen LogP contribution in [0.1, 0.15) is 38.3 Å². The van der Waals surface area contributed by atoms with Crippen molar-refractivity contribution in [2.24, 2.45) is 5.92 Å². The standard InChI is InChI=1S/C16H23BrF2N2.2ClH/c1-11(2)3-4-15(21-7-5-20-6-8-21)16-13(18)9-12(17)10-14(16)19;;/h9-11,15,20H,3-8H2,1-2H3;2*1H/t15-;;/m1../s1. The SMILES string of the molecule is CC(C)CC[C@H](c1c(F)cc(Br)cc1F)N1CCNCC1.Cl.Cl. The molecular formula is C16H25BrCl2F2N2. The van der Waals surface area contributed by atoms with Gasteiger partial charge in [0.2, 0.25) is 0 Å². The van der Waals surface area contributed by atoms with E-state index in [0.29, 0.717) is 10.4 Å². The van der Waals surface area contributed by atoms with Crippen LogP contribution in [0.5, 0.6) is 0 Å². The summed E-state index contributed by atoms with van der Waals surface area (Å²) in [6.45, 7) is 7.69. The lowest BCUT2D eigenvalue weighted by Crippen LogP contribution is -2.45. The monoisotopic (exact) mass is 432 g/mol. The molecule has 0 aromatic heterocycles. The molecule has 134 valence electrons. The van der Waals surface area contributed by atoms with Gasteiger partial charge in [-0.05, 0) is 30.9 Å². The van der Waals surface area contributed by atoms with Gasteiger partial charge in [-0.1, -0.05) is 29.8 Å². The normalized spacial score (nSPS) is 16.6. The summed E-state index contributed by atoms with van der Waals surface area (Å²) in [5.41, 5.74) is 0.223. The van der Waals surface area contributed by atoms with Crippen molar-refractivity contribution < 1.29 is 8.78 Å². The minimum atomic E-state index is -0.450. The molecule has 1 saturated heterocycles. The highest BCUT2D eigenvalue weighted by molar-refractivity contribution is 9.10. The molecule has 1 aromatic rings. The summed E-state index contributed by atoms with van der Waals surface area (Å²) >= 11 is 3.15. The zero-order chi connectivity index (χ0) is 15.4. The van der Waals surface area contributed by atoms with Crippen LogP contribution in [0.3, 0.4) is 0 Å². The van der Waals surface area contributed by atoms with E-state index >= 15 is 0 Å². The zero-order valence-electron chi connectivity index (χ0n) is 13.4. The number of piperazine rings is 1. The second-order valence-electron chi connectivity index (χ2n) is 6.06. The van der Waals surface area contributed by atoms with Crippen LogP contribution in [0.2, 0.25) is 0 Å². The van der Waals surface area contributed by atoms with Crippen LogP contribution < -0.4 is 5.32 Å². The van der Waals surface area contributed by atoms with Gasteiger partial charge in [0.1, 0.15) is 11.6 Å². The van der Waals surface area contributed by atoms with E-state index in [9.17, 15) is 8.78 Å². The highest BCUT2D eigenvalue weighted by atomic mass is 79.9. The molecule has 0 spiro atoms. The molecule has 1 fully saturated rings. The predicted octanol–water partition coefficient (Wildman–Crippen LogP) is 4.95. The maximum absolute atomic E-state index is 14.3. The Morgan fingerprint density at radius 3 is 2.09 bits per heavy atom. The third-order valence-electron chi connectivity index (χ3n) is 3.99. The Morgan fingerprint density at radius 1 is 1.09 bits per heavy atom. The quantitative estimate of drug-likeness (QED) is 0.706. The topological polar surface area (TPSA) is 15.3 Å². The molecule has 1 aliphatic heterocycles. The molecule has 23 heavy (non-hydrogen) atoms. The number of benzene rings is 1. The highest BCUT2D eigenvalue weighted by Crippen LogP contribution is 2.33. The number of halogens is 5. The number of hydrogen-bond acceptors (Lipinski definition) is 2. The summed E-state index contributed by atoms with van der Waals surface area (Å²) < 4.78 is 29.1. The van der Waals surface area contributed by atoms with Gasteiger partial charge >= 0.3 is 0 Å². The van der Waals surface area contributed by atoms with Gasteiger partial charge in [0.05, 0.1) is 0 Å². The molecule has 1 aliphatic rings. The fourth-order valence-electron chi connectivity index (χ4n) is 2.87. The van der Waals surface area contributed by atoms with E-state index in [0.717, 1.165) is 39.0 Å². The summed E-state index contributed by atoms with van der Waals surface area (Å²) in [4.78, 5) is 2.20. The molecule has 1 aromatic carbocycles. The Kier molecular flexibility index (Phi) is 10.9. The minimum Gasteiger partial charge on any atom is -0.314 e. The maximum atomic E-state index is 14.3. The average molecular weight is 434 g/mol. The number of nitrogens with zero attached hydrogens (tertiary/aromatic N) is 1.